The number of fused-ring (bicyclic) bond motifs is 1. The van der Waals surface area contributed by atoms with Crippen LogP contribution < -0.4 is 4.72 Å². The molecule has 0 bridgehead atoms. The summed E-state index contributed by atoms with van der Waals surface area (Å²) in [5.41, 5.74) is 1.01. The standard InChI is InChI=1S/C9H14N2O3S2/c1-6(5-12)16(13,14)11-9-10-7-3-2-4-8(7)15-9/h6,12H,2-5H2,1H3,(H,10,11). The summed E-state index contributed by atoms with van der Waals surface area (Å²) in [5.74, 6) is 0. The molecule has 1 aliphatic carbocycles. The summed E-state index contributed by atoms with van der Waals surface area (Å²) in [5, 5.41) is 8.44. The molecule has 90 valence electrons. The van der Waals surface area contributed by atoms with Gasteiger partial charge in [0.2, 0.25) is 10.0 Å². The molecular weight excluding hydrogens is 248 g/mol. The number of thiazole rings is 1. The van der Waals surface area contributed by atoms with Gasteiger partial charge >= 0.3 is 0 Å². The highest BCUT2D eigenvalue weighted by Crippen LogP contribution is 2.31. The Labute approximate surface area is 98.6 Å². The summed E-state index contributed by atoms with van der Waals surface area (Å²) in [6, 6.07) is 0. The Hall–Kier alpha value is -0.660. The molecule has 2 rings (SSSR count). The average Bonchev–Trinajstić information content (AvgIpc) is 2.75. The first kappa shape index (κ1) is 11.8. The van der Waals surface area contributed by atoms with Crippen molar-refractivity contribution >= 4 is 26.5 Å². The van der Waals surface area contributed by atoms with Crippen LogP contribution in [-0.2, 0) is 22.9 Å². The molecule has 0 radical (unpaired) electrons. The second-order valence-electron chi connectivity index (χ2n) is 3.88. The predicted octanol–water partition coefficient (Wildman–Crippen LogP) is 0.754. The minimum atomic E-state index is -3.50. The van der Waals surface area contributed by atoms with E-state index in [9.17, 15) is 8.42 Å². The zero-order valence-corrected chi connectivity index (χ0v) is 10.6. The molecule has 0 spiro atoms. The number of aliphatic hydroxyl groups is 1. The molecule has 1 aromatic heterocycles. The van der Waals surface area contributed by atoms with Crippen LogP contribution in [0.3, 0.4) is 0 Å². The first-order valence-electron chi connectivity index (χ1n) is 5.14. The van der Waals surface area contributed by atoms with Crippen molar-refractivity contribution in [3.8, 4) is 0 Å². The number of hydrogen-bond acceptors (Lipinski definition) is 5. The largest absolute Gasteiger partial charge is 0.395 e. The topological polar surface area (TPSA) is 79.3 Å². The van der Waals surface area contributed by atoms with Crippen molar-refractivity contribution in [2.45, 2.75) is 31.4 Å². The van der Waals surface area contributed by atoms with E-state index in [1.807, 2.05) is 0 Å². The van der Waals surface area contributed by atoms with Crippen LogP contribution >= 0.6 is 11.3 Å². The quantitative estimate of drug-likeness (QED) is 0.839. The van der Waals surface area contributed by atoms with E-state index in [1.165, 1.54) is 23.1 Å². The van der Waals surface area contributed by atoms with Crippen LogP contribution in [0.4, 0.5) is 5.13 Å². The summed E-state index contributed by atoms with van der Waals surface area (Å²) >= 11 is 1.39. The third kappa shape index (κ3) is 2.21. The molecule has 16 heavy (non-hydrogen) atoms. The highest BCUT2D eigenvalue weighted by atomic mass is 32.2. The molecule has 1 unspecified atom stereocenters. The average molecular weight is 262 g/mol. The van der Waals surface area contributed by atoms with Gasteiger partial charge in [-0.05, 0) is 26.2 Å². The summed E-state index contributed by atoms with van der Waals surface area (Å²) in [6.07, 6.45) is 3.03. The molecule has 1 heterocycles. The van der Waals surface area contributed by atoms with Crippen LogP contribution in [0.2, 0.25) is 0 Å². The Morgan fingerprint density at radius 3 is 2.94 bits per heavy atom. The molecule has 1 atom stereocenters. The van der Waals surface area contributed by atoms with Gasteiger partial charge in [-0.1, -0.05) is 0 Å². The van der Waals surface area contributed by atoms with Crippen LogP contribution in [0.5, 0.6) is 0 Å². The maximum Gasteiger partial charge on any atom is 0.239 e. The third-order valence-corrected chi connectivity index (χ3v) is 5.50. The maximum atomic E-state index is 11.7. The molecule has 0 saturated carbocycles. The molecule has 0 aromatic carbocycles. The van der Waals surface area contributed by atoms with Gasteiger partial charge in [0.1, 0.15) is 5.25 Å². The Kier molecular flexibility index (Phi) is 3.18. The first-order valence-corrected chi connectivity index (χ1v) is 7.50. The summed E-state index contributed by atoms with van der Waals surface area (Å²) < 4.78 is 25.7. The van der Waals surface area contributed by atoms with Crippen LogP contribution in [-0.4, -0.2) is 30.4 Å². The number of nitrogens with one attached hydrogen (secondary N) is 1. The number of rotatable bonds is 4. The maximum absolute atomic E-state index is 11.7. The Balaban J connectivity index is 2.15. The van der Waals surface area contributed by atoms with E-state index in [-0.39, 0.29) is 6.61 Å². The zero-order valence-electron chi connectivity index (χ0n) is 8.93. The number of aromatic nitrogens is 1. The van der Waals surface area contributed by atoms with Gasteiger partial charge in [-0.2, -0.15) is 0 Å². The monoisotopic (exact) mass is 262 g/mol. The summed E-state index contributed by atoms with van der Waals surface area (Å²) in [4.78, 5) is 5.41. The molecule has 0 aliphatic heterocycles. The van der Waals surface area contributed by atoms with Gasteiger partial charge in [-0.3, -0.25) is 4.72 Å². The van der Waals surface area contributed by atoms with Crippen molar-refractivity contribution in [1.82, 2.24) is 4.98 Å². The van der Waals surface area contributed by atoms with E-state index in [0.717, 1.165) is 25.0 Å². The minimum Gasteiger partial charge on any atom is -0.395 e. The normalized spacial score (nSPS) is 17.1. The van der Waals surface area contributed by atoms with Crippen molar-refractivity contribution in [2.75, 3.05) is 11.3 Å². The smallest absolute Gasteiger partial charge is 0.239 e. The highest BCUT2D eigenvalue weighted by molar-refractivity contribution is 7.93. The number of sulfonamides is 1. The molecule has 5 nitrogen and oxygen atoms in total. The van der Waals surface area contributed by atoms with E-state index in [2.05, 4.69) is 9.71 Å². The second kappa shape index (κ2) is 4.31. The lowest BCUT2D eigenvalue weighted by atomic mass is 10.4. The lowest BCUT2D eigenvalue weighted by Crippen LogP contribution is -2.28. The Bertz CT molecular complexity index is 459. The SMILES string of the molecule is CC(CO)S(=O)(=O)Nc1nc2c(s1)CCC2. The van der Waals surface area contributed by atoms with Crippen molar-refractivity contribution in [1.29, 1.82) is 0 Å². The number of aryl methyl sites for hydroxylation is 2. The van der Waals surface area contributed by atoms with Crippen LogP contribution in [0.25, 0.3) is 0 Å². The van der Waals surface area contributed by atoms with Gasteiger partial charge in [0.25, 0.3) is 0 Å². The lowest BCUT2D eigenvalue weighted by Gasteiger charge is -2.09. The number of aliphatic hydroxyl groups excluding tert-OH is 1. The summed E-state index contributed by atoms with van der Waals surface area (Å²) in [6.45, 7) is 1.07. The predicted molar refractivity (Wildman–Crippen MR) is 63.2 cm³/mol. The molecule has 1 aliphatic rings. The zero-order chi connectivity index (χ0) is 11.8. The van der Waals surface area contributed by atoms with Gasteiger partial charge < -0.3 is 5.11 Å². The number of hydrogen-bond donors (Lipinski definition) is 2. The van der Waals surface area contributed by atoms with Gasteiger partial charge in [0.15, 0.2) is 5.13 Å². The fraction of sp³-hybridized carbons (Fsp3) is 0.667. The molecule has 0 fully saturated rings. The molecule has 1 aromatic rings. The van der Waals surface area contributed by atoms with Crippen molar-refractivity contribution in [3.63, 3.8) is 0 Å². The van der Waals surface area contributed by atoms with E-state index < -0.39 is 15.3 Å². The molecule has 7 heteroatoms. The molecule has 0 amide bonds. The molecule has 2 N–H and O–H groups in total. The fourth-order valence-corrected chi connectivity index (χ4v) is 3.66. The van der Waals surface area contributed by atoms with E-state index in [1.54, 1.807) is 0 Å². The van der Waals surface area contributed by atoms with Crippen LogP contribution in [0.15, 0.2) is 0 Å². The first-order chi connectivity index (χ1) is 7.53. The van der Waals surface area contributed by atoms with Crippen LogP contribution in [0.1, 0.15) is 23.9 Å². The second-order valence-corrected chi connectivity index (χ2v) is 7.07. The Morgan fingerprint density at radius 1 is 1.56 bits per heavy atom. The van der Waals surface area contributed by atoms with E-state index in [0.29, 0.717) is 5.13 Å². The van der Waals surface area contributed by atoms with Gasteiger partial charge in [0, 0.05) is 4.88 Å². The number of anilines is 1. The van der Waals surface area contributed by atoms with Crippen molar-refractivity contribution < 1.29 is 13.5 Å². The highest BCUT2D eigenvalue weighted by Gasteiger charge is 2.23. The van der Waals surface area contributed by atoms with Gasteiger partial charge in [-0.15, -0.1) is 11.3 Å². The van der Waals surface area contributed by atoms with Crippen molar-refractivity contribution in [2.24, 2.45) is 0 Å². The minimum absolute atomic E-state index is 0.388. The fourth-order valence-electron chi connectivity index (χ4n) is 1.55. The van der Waals surface area contributed by atoms with Crippen molar-refractivity contribution in [3.05, 3.63) is 10.6 Å². The van der Waals surface area contributed by atoms with E-state index >= 15 is 0 Å². The van der Waals surface area contributed by atoms with Gasteiger partial charge in [0.05, 0.1) is 12.3 Å². The third-order valence-electron chi connectivity index (χ3n) is 2.61. The summed E-state index contributed by atoms with van der Waals surface area (Å²) in [7, 11) is -3.50. The van der Waals surface area contributed by atoms with Gasteiger partial charge in [-0.25, -0.2) is 13.4 Å². The van der Waals surface area contributed by atoms with E-state index in [4.69, 9.17) is 5.11 Å². The Morgan fingerprint density at radius 2 is 2.31 bits per heavy atom. The lowest BCUT2D eigenvalue weighted by molar-refractivity contribution is 0.296. The molecule has 0 saturated heterocycles. The molecular formula is C9H14N2O3S2. The number of nitrogens with zero attached hydrogens (tertiary/aromatic N) is 1. The van der Waals surface area contributed by atoms with Crippen LogP contribution in [0, 0.1) is 0 Å².